The standard InChI is InChI=1S/C19H20N2O/c1-3-11-10-21-16-8-13(11)19(22)17(21)9-14-12-6-4-5-7-15(12)20(2)18(14)16/h3-7,13,16-17H,8-10H2,1-2H3/b11-3-/t13?,16-,17-/m0/s1. The Bertz CT molecular complexity index is 844. The molecule has 3 nitrogen and oxygen atoms in total. The number of para-hydroxylation sites is 1. The summed E-state index contributed by atoms with van der Waals surface area (Å²) in [5, 5.41) is 1.34. The Morgan fingerprint density at radius 3 is 2.86 bits per heavy atom. The summed E-state index contributed by atoms with van der Waals surface area (Å²) >= 11 is 0. The quantitative estimate of drug-likeness (QED) is 0.697. The van der Waals surface area contributed by atoms with E-state index >= 15 is 0 Å². The van der Waals surface area contributed by atoms with Crippen LogP contribution < -0.4 is 0 Å². The van der Waals surface area contributed by atoms with E-state index in [1.807, 2.05) is 0 Å². The molecule has 3 fully saturated rings. The van der Waals surface area contributed by atoms with Crippen molar-refractivity contribution in [2.75, 3.05) is 6.54 Å². The highest BCUT2D eigenvalue weighted by Gasteiger charge is 2.52. The van der Waals surface area contributed by atoms with E-state index in [-0.39, 0.29) is 12.0 Å². The fourth-order valence-corrected chi connectivity index (χ4v) is 5.07. The molecule has 3 saturated heterocycles. The number of piperidine rings is 3. The summed E-state index contributed by atoms with van der Waals surface area (Å²) in [6.07, 6.45) is 4.01. The molecule has 0 spiro atoms. The molecule has 6 rings (SSSR count). The zero-order chi connectivity index (χ0) is 15.0. The Balaban J connectivity index is 1.76. The van der Waals surface area contributed by atoms with Crippen molar-refractivity contribution in [1.82, 2.24) is 9.47 Å². The molecular weight excluding hydrogens is 272 g/mol. The van der Waals surface area contributed by atoms with Crippen LogP contribution in [0.1, 0.15) is 30.6 Å². The van der Waals surface area contributed by atoms with Gasteiger partial charge in [0.2, 0.25) is 0 Å². The van der Waals surface area contributed by atoms with Crippen molar-refractivity contribution in [3.8, 4) is 0 Å². The Morgan fingerprint density at radius 2 is 2.05 bits per heavy atom. The summed E-state index contributed by atoms with van der Waals surface area (Å²) < 4.78 is 2.37. The highest BCUT2D eigenvalue weighted by Crippen LogP contribution is 2.50. The molecule has 112 valence electrons. The number of ketones is 1. The van der Waals surface area contributed by atoms with Gasteiger partial charge < -0.3 is 4.57 Å². The van der Waals surface area contributed by atoms with Crippen LogP contribution in [-0.2, 0) is 18.3 Å². The lowest BCUT2D eigenvalue weighted by atomic mass is 9.69. The van der Waals surface area contributed by atoms with E-state index in [4.69, 9.17) is 0 Å². The first kappa shape index (κ1) is 12.7. The first-order valence-electron chi connectivity index (χ1n) is 8.21. The number of hydrogen-bond acceptors (Lipinski definition) is 2. The Labute approximate surface area is 130 Å². The average molecular weight is 292 g/mol. The van der Waals surface area contributed by atoms with Crippen LogP contribution in [0.4, 0.5) is 0 Å². The molecule has 4 aliphatic heterocycles. The third-order valence-corrected chi connectivity index (χ3v) is 6.09. The second-order valence-corrected chi connectivity index (χ2v) is 6.90. The minimum Gasteiger partial charge on any atom is -0.346 e. The van der Waals surface area contributed by atoms with Crippen molar-refractivity contribution >= 4 is 16.7 Å². The molecular formula is C19H20N2O. The SMILES string of the molecule is C/C=C1/CN2[C@H]3Cc4c(n(C)c5ccccc45)[C@@H]2CC1C3=O. The second kappa shape index (κ2) is 4.11. The minimum atomic E-state index is 0.103. The van der Waals surface area contributed by atoms with Crippen LogP contribution in [0.5, 0.6) is 0 Å². The molecule has 5 heterocycles. The van der Waals surface area contributed by atoms with Gasteiger partial charge in [0.25, 0.3) is 0 Å². The van der Waals surface area contributed by atoms with Crippen molar-refractivity contribution in [3.05, 3.63) is 47.2 Å². The second-order valence-electron chi connectivity index (χ2n) is 6.90. The lowest BCUT2D eigenvalue weighted by Gasteiger charge is -2.53. The number of carbonyl (C=O) groups excluding carboxylic acids is 1. The number of nitrogens with zero attached hydrogens (tertiary/aromatic N) is 2. The number of hydrogen-bond donors (Lipinski definition) is 0. The third kappa shape index (κ3) is 1.33. The van der Waals surface area contributed by atoms with Gasteiger partial charge in [-0.2, -0.15) is 0 Å². The molecule has 4 bridgehead atoms. The molecule has 4 atom stereocenters. The van der Waals surface area contributed by atoms with Gasteiger partial charge in [0, 0.05) is 36.1 Å². The van der Waals surface area contributed by atoms with Gasteiger partial charge in [0.05, 0.1) is 12.1 Å². The average Bonchev–Trinajstić information content (AvgIpc) is 2.84. The highest BCUT2D eigenvalue weighted by molar-refractivity contribution is 5.94. The molecule has 4 aliphatic rings. The van der Waals surface area contributed by atoms with Gasteiger partial charge in [-0.3, -0.25) is 9.69 Å². The van der Waals surface area contributed by atoms with Crippen molar-refractivity contribution in [2.45, 2.75) is 31.8 Å². The molecule has 1 aromatic carbocycles. The first-order valence-corrected chi connectivity index (χ1v) is 8.21. The molecule has 2 aromatic rings. The summed E-state index contributed by atoms with van der Waals surface area (Å²) in [4.78, 5) is 15.3. The van der Waals surface area contributed by atoms with Crippen LogP contribution >= 0.6 is 0 Å². The number of Topliss-reactive ketones (excluding diaryl/α,β-unsaturated/α-hetero) is 1. The maximum absolute atomic E-state index is 12.8. The molecule has 2 unspecified atom stereocenters. The van der Waals surface area contributed by atoms with Crippen molar-refractivity contribution in [2.24, 2.45) is 13.0 Å². The number of allylic oxidation sites excluding steroid dienone is 1. The molecule has 1 aromatic heterocycles. The monoisotopic (exact) mass is 292 g/mol. The summed E-state index contributed by atoms with van der Waals surface area (Å²) in [5.74, 6) is 0.616. The number of fused-ring (bicyclic) bond motifs is 4. The maximum atomic E-state index is 12.8. The summed E-state index contributed by atoms with van der Waals surface area (Å²) in [5.41, 5.74) is 5.50. The number of benzene rings is 1. The van der Waals surface area contributed by atoms with Crippen LogP contribution in [0, 0.1) is 5.92 Å². The number of aromatic nitrogens is 1. The van der Waals surface area contributed by atoms with E-state index in [2.05, 4.69) is 53.8 Å². The van der Waals surface area contributed by atoms with Crippen LogP contribution in [0.25, 0.3) is 10.9 Å². The van der Waals surface area contributed by atoms with Gasteiger partial charge in [0.15, 0.2) is 5.78 Å². The third-order valence-electron chi connectivity index (χ3n) is 6.09. The zero-order valence-electron chi connectivity index (χ0n) is 13.0. The van der Waals surface area contributed by atoms with E-state index in [9.17, 15) is 4.79 Å². The van der Waals surface area contributed by atoms with Crippen LogP contribution in [0.15, 0.2) is 35.9 Å². The highest BCUT2D eigenvalue weighted by atomic mass is 16.1. The summed E-state index contributed by atoms with van der Waals surface area (Å²) in [7, 11) is 2.18. The summed E-state index contributed by atoms with van der Waals surface area (Å²) in [6, 6.07) is 9.15. The maximum Gasteiger partial charge on any atom is 0.157 e. The topological polar surface area (TPSA) is 25.2 Å². The fraction of sp³-hybridized carbons (Fsp3) is 0.421. The molecule has 0 aliphatic carbocycles. The minimum absolute atomic E-state index is 0.103. The van der Waals surface area contributed by atoms with E-state index in [1.54, 1.807) is 0 Å². The molecule has 0 amide bonds. The van der Waals surface area contributed by atoms with E-state index in [1.165, 1.54) is 27.7 Å². The molecule has 0 N–H and O–H groups in total. The van der Waals surface area contributed by atoms with Crippen LogP contribution in [-0.4, -0.2) is 27.8 Å². The predicted octanol–water partition coefficient (Wildman–Crippen LogP) is 3.00. The Morgan fingerprint density at radius 1 is 1.23 bits per heavy atom. The number of rotatable bonds is 0. The van der Waals surface area contributed by atoms with Crippen molar-refractivity contribution in [1.29, 1.82) is 0 Å². The lowest BCUT2D eigenvalue weighted by molar-refractivity contribution is -0.137. The number of aryl methyl sites for hydroxylation is 1. The predicted molar refractivity (Wildman–Crippen MR) is 86.7 cm³/mol. The van der Waals surface area contributed by atoms with Gasteiger partial charge in [-0.1, -0.05) is 24.3 Å². The van der Waals surface area contributed by atoms with Crippen LogP contribution in [0.3, 0.4) is 0 Å². The van der Waals surface area contributed by atoms with E-state index < -0.39 is 0 Å². The fourth-order valence-electron chi connectivity index (χ4n) is 5.07. The van der Waals surface area contributed by atoms with Gasteiger partial charge in [-0.25, -0.2) is 0 Å². The van der Waals surface area contributed by atoms with E-state index in [0.29, 0.717) is 11.8 Å². The van der Waals surface area contributed by atoms with Gasteiger partial charge in [0.1, 0.15) is 0 Å². The number of carbonyl (C=O) groups is 1. The van der Waals surface area contributed by atoms with Gasteiger partial charge in [-0.05, 0) is 37.0 Å². The van der Waals surface area contributed by atoms with Gasteiger partial charge in [-0.15, -0.1) is 0 Å². The Kier molecular flexibility index (Phi) is 2.36. The van der Waals surface area contributed by atoms with Crippen LogP contribution in [0.2, 0.25) is 0 Å². The lowest BCUT2D eigenvalue weighted by Crippen LogP contribution is -2.60. The largest absolute Gasteiger partial charge is 0.346 e. The normalized spacial score (nSPS) is 34.5. The zero-order valence-corrected chi connectivity index (χ0v) is 13.0. The summed E-state index contributed by atoms with van der Waals surface area (Å²) in [6.45, 7) is 3.05. The first-order chi connectivity index (χ1) is 10.7. The molecule has 22 heavy (non-hydrogen) atoms. The van der Waals surface area contributed by atoms with E-state index in [0.717, 1.165) is 19.4 Å². The molecule has 0 radical (unpaired) electrons. The smallest absolute Gasteiger partial charge is 0.157 e. The Hall–Kier alpha value is -1.87. The van der Waals surface area contributed by atoms with Gasteiger partial charge >= 0.3 is 0 Å². The van der Waals surface area contributed by atoms with Crippen molar-refractivity contribution < 1.29 is 4.79 Å². The molecule has 3 heteroatoms. The van der Waals surface area contributed by atoms with Crippen molar-refractivity contribution in [3.63, 3.8) is 0 Å². The molecule has 0 saturated carbocycles.